The van der Waals surface area contributed by atoms with Gasteiger partial charge in [-0.05, 0) is 38.5 Å². The van der Waals surface area contributed by atoms with Crippen molar-refractivity contribution in [1.82, 2.24) is 0 Å². The first kappa shape index (κ1) is 12.1. The van der Waals surface area contributed by atoms with E-state index in [1.807, 2.05) is 0 Å². The van der Waals surface area contributed by atoms with E-state index in [0.29, 0.717) is 8.83 Å². The van der Waals surface area contributed by atoms with Gasteiger partial charge in [0.25, 0.3) is 0 Å². The molecular formula is C10H20S3. The van der Waals surface area contributed by atoms with E-state index in [1.165, 1.54) is 25.7 Å². The molecule has 3 heteroatoms. The molecule has 0 N–H and O–H groups in total. The van der Waals surface area contributed by atoms with Crippen LogP contribution in [0.25, 0.3) is 0 Å². The van der Waals surface area contributed by atoms with Crippen LogP contribution < -0.4 is 0 Å². The molecule has 1 atom stereocenters. The second-order valence-electron chi connectivity index (χ2n) is 3.80. The molecule has 0 aromatic rings. The van der Waals surface area contributed by atoms with Gasteiger partial charge in [-0.3, -0.25) is 0 Å². The molecule has 0 bridgehead atoms. The van der Waals surface area contributed by atoms with E-state index in [0.717, 1.165) is 0 Å². The summed E-state index contributed by atoms with van der Waals surface area (Å²) in [6.45, 7) is 2.45. The molecular weight excluding hydrogens is 216 g/mol. The Morgan fingerprint density at radius 1 is 0.846 bits per heavy atom. The van der Waals surface area contributed by atoms with Crippen LogP contribution in [0.3, 0.4) is 0 Å². The fourth-order valence-electron chi connectivity index (χ4n) is 2.25. The van der Waals surface area contributed by atoms with Crippen molar-refractivity contribution in [3.05, 3.63) is 0 Å². The van der Waals surface area contributed by atoms with Crippen LogP contribution in [-0.4, -0.2) is 27.6 Å². The van der Waals surface area contributed by atoms with Crippen LogP contribution in [0, 0.1) is 0 Å². The molecule has 0 amide bonds. The third kappa shape index (κ3) is 2.03. The maximum absolute atomic E-state index is 2.45. The minimum Gasteiger partial charge on any atom is -0.157 e. The first-order chi connectivity index (χ1) is 6.14. The van der Waals surface area contributed by atoms with Crippen LogP contribution in [0.2, 0.25) is 0 Å². The standard InChI is InChI=1S/C10H20S3/c1-9(11-2)7-5-6-8-10(9,12-3)13-4/h5-8H2,1-4H3. The van der Waals surface area contributed by atoms with Crippen LogP contribution >= 0.6 is 35.3 Å². The van der Waals surface area contributed by atoms with Gasteiger partial charge in [0.05, 0.1) is 4.08 Å². The SMILES string of the molecule is CSC1(C)CCCCC1(SC)SC. The van der Waals surface area contributed by atoms with Gasteiger partial charge in [-0.1, -0.05) is 12.8 Å². The van der Waals surface area contributed by atoms with Crippen LogP contribution in [0.5, 0.6) is 0 Å². The molecule has 1 aliphatic carbocycles. The van der Waals surface area contributed by atoms with Crippen LogP contribution in [-0.2, 0) is 0 Å². The van der Waals surface area contributed by atoms with Crippen molar-refractivity contribution in [2.24, 2.45) is 0 Å². The molecule has 13 heavy (non-hydrogen) atoms. The van der Waals surface area contributed by atoms with Crippen molar-refractivity contribution < 1.29 is 0 Å². The smallest absolute Gasteiger partial charge is 0.0748 e. The zero-order valence-electron chi connectivity index (χ0n) is 9.05. The van der Waals surface area contributed by atoms with Crippen molar-refractivity contribution in [2.45, 2.75) is 41.4 Å². The van der Waals surface area contributed by atoms with E-state index in [-0.39, 0.29) is 0 Å². The zero-order valence-corrected chi connectivity index (χ0v) is 11.5. The van der Waals surface area contributed by atoms with Gasteiger partial charge in [0.15, 0.2) is 0 Å². The van der Waals surface area contributed by atoms with Gasteiger partial charge >= 0.3 is 0 Å². The fraction of sp³-hybridized carbons (Fsp3) is 1.00. The molecule has 0 aromatic carbocycles. The van der Waals surface area contributed by atoms with Crippen molar-refractivity contribution in [2.75, 3.05) is 18.8 Å². The predicted octanol–water partition coefficient (Wildman–Crippen LogP) is 4.10. The first-order valence-corrected chi connectivity index (χ1v) is 8.47. The summed E-state index contributed by atoms with van der Waals surface area (Å²) in [4.78, 5) is 0. The van der Waals surface area contributed by atoms with E-state index in [1.54, 1.807) is 0 Å². The largest absolute Gasteiger partial charge is 0.157 e. The maximum Gasteiger partial charge on any atom is 0.0748 e. The number of hydrogen-bond acceptors (Lipinski definition) is 3. The predicted molar refractivity (Wildman–Crippen MR) is 70.1 cm³/mol. The fourth-order valence-corrected chi connectivity index (χ4v) is 6.44. The number of thioether (sulfide) groups is 3. The van der Waals surface area contributed by atoms with Crippen LogP contribution in [0.4, 0.5) is 0 Å². The van der Waals surface area contributed by atoms with Crippen LogP contribution in [0.1, 0.15) is 32.6 Å². The van der Waals surface area contributed by atoms with Gasteiger partial charge in [0.2, 0.25) is 0 Å². The second-order valence-corrected chi connectivity index (χ2v) is 7.58. The Morgan fingerprint density at radius 3 is 1.77 bits per heavy atom. The molecule has 78 valence electrons. The highest BCUT2D eigenvalue weighted by molar-refractivity contribution is 8.19. The first-order valence-electron chi connectivity index (χ1n) is 4.79. The summed E-state index contributed by atoms with van der Waals surface area (Å²) in [5.74, 6) is 0. The van der Waals surface area contributed by atoms with Gasteiger partial charge in [-0.2, -0.15) is 11.8 Å². The molecule has 0 heterocycles. The average molecular weight is 236 g/mol. The molecule has 1 unspecified atom stereocenters. The van der Waals surface area contributed by atoms with Gasteiger partial charge in [0, 0.05) is 4.75 Å². The monoisotopic (exact) mass is 236 g/mol. The topological polar surface area (TPSA) is 0 Å². The quantitative estimate of drug-likeness (QED) is 0.677. The third-order valence-corrected chi connectivity index (χ3v) is 8.67. The lowest BCUT2D eigenvalue weighted by Crippen LogP contribution is -2.46. The summed E-state index contributed by atoms with van der Waals surface area (Å²) in [5, 5.41) is 0. The molecule has 0 radical (unpaired) electrons. The maximum atomic E-state index is 2.45. The van der Waals surface area contributed by atoms with Crippen molar-refractivity contribution >= 4 is 35.3 Å². The molecule has 0 nitrogen and oxygen atoms in total. The molecule has 1 rings (SSSR count). The van der Waals surface area contributed by atoms with Crippen molar-refractivity contribution in [3.63, 3.8) is 0 Å². The average Bonchev–Trinajstić information content (AvgIpc) is 2.19. The van der Waals surface area contributed by atoms with Gasteiger partial charge in [-0.25, -0.2) is 0 Å². The highest BCUT2D eigenvalue weighted by atomic mass is 32.2. The Labute approximate surface area is 95.4 Å². The lowest BCUT2D eigenvalue weighted by molar-refractivity contribution is 0.411. The van der Waals surface area contributed by atoms with Crippen molar-refractivity contribution in [1.29, 1.82) is 0 Å². The lowest BCUT2D eigenvalue weighted by Gasteiger charge is -2.49. The Bertz CT molecular complexity index is 166. The highest BCUT2D eigenvalue weighted by Gasteiger charge is 2.48. The minimum atomic E-state index is 0.463. The van der Waals surface area contributed by atoms with Gasteiger partial charge < -0.3 is 0 Å². The Balaban J connectivity index is 2.87. The lowest BCUT2D eigenvalue weighted by atomic mass is 9.88. The van der Waals surface area contributed by atoms with E-state index in [2.05, 4.69) is 61.0 Å². The molecule has 0 saturated heterocycles. The summed E-state index contributed by atoms with van der Waals surface area (Å²) in [7, 11) is 0. The highest BCUT2D eigenvalue weighted by Crippen LogP contribution is 2.57. The molecule has 0 aromatic heterocycles. The Kier molecular flexibility index (Phi) is 4.39. The van der Waals surface area contributed by atoms with Crippen LogP contribution in [0.15, 0.2) is 0 Å². The summed E-state index contributed by atoms with van der Waals surface area (Å²) < 4.78 is 0.939. The van der Waals surface area contributed by atoms with E-state index >= 15 is 0 Å². The minimum absolute atomic E-state index is 0.463. The van der Waals surface area contributed by atoms with Crippen molar-refractivity contribution in [3.8, 4) is 0 Å². The number of rotatable bonds is 3. The summed E-state index contributed by atoms with van der Waals surface area (Å²) in [6.07, 6.45) is 12.4. The normalized spacial score (nSPS) is 33.2. The van der Waals surface area contributed by atoms with Gasteiger partial charge in [0.1, 0.15) is 0 Å². The summed E-state index contributed by atoms with van der Waals surface area (Å²) in [5.41, 5.74) is 0. The number of hydrogen-bond donors (Lipinski definition) is 0. The second kappa shape index (κ2) is 4.71. The molecule has 0 aliphatic heterocycles. The third-order valence-electron chi connectivity index (χ3n) is 3.33. The molecule has 1 saturated carbocycles. The van der Waals surface area contributed by atoms with E-state index < -0.39 is 0 Å². The van der Waals surface area contributed by atoms with Gasteiger partial charge in [-0.15, -0.1) is 23.5 Å². The van der Waals surface area contributed by atoms with E-state index in [4.69, 9.17) is 0 Å². The Hall–Kier alpha value is 1.05. The molecule has 1 fully saturated rings. The zero-order chi connectivity index (χ0) is 9.95. The summed E-state index contributed by atoms with van der Waals surface area (Å²) in [6, 6.07) is 0. The molecule has 0 spiro atoms. The summed E-state index contributed by atoms with van der Waals surface area (Å²) >= 11 is 6.20. The van der Waals surface area contributed by atoms with E-state index in [9.17, 15) is 0 Å². The Morgan fingerprint density at radius 2 is 1.38 bits per heavy atom. The molecule has 1 aliphatic rings.